The Balaban J connectivity index is 1.45. The third-order valence-corrected chi connectivity index (χ3v) is 12.9. The Hall–Kier alpha value is -5.67. The molecule has 16 heteroatoms. The van der Waals surface area contributed by atoms with Crippen LogP contribution in [-0.2, 0) is 19.0 Å². The number of nitro benzene ring substituents is 1. The van der Waals surface area contributed by atoms with Gasteiger partial charge in [0.15, 0.2) is 0 Å². The monoisotopic (exact) mass is 908 g/mol. The fourth-order valence-electron chi connectivity index (χ4n) is 10.0. The van der Waals surface area contributed by atoms with Crippen LogP contribution in [0.1, 0.15) is 91.6 Å². The maximum atomic E-state index is 15.1. The van der Waals surface area contributed by atoms with Gasteiger partial charge in [-0.15, -0.1) is 6.58 Å². The second-order valence-corrected chi connectivity index (χ2v) is 17.1. The summed E-state index contributed by atoms with van der Waals surface area (Å²) in [4.78, 5) is 34.3. The molecule has 3 aromatic rings. The van der Waals surface area contributed by atoms with Crippen molar-refractivity contribution in [2.45, 2.75) is 88.2 Å². The average Bonchev–Trinajstić information content (AvgIpc) is 3.34. The summed E-state index contributed by atoms with van der Waals surface area (Å²) in [6, 6.07) is 19.1. The van der Waals surface area contributed by atoms with E-state index in [1.165, 1.54) is 12.1 Å². The molecule has 3 aromatic carbocycles. The van der Waals surface area contributed by atoms with Crippen molar-refractivity contribution in [2.75, 3.05) is 52.8 Å². The molecule has 7 atom stereocenters. The number of allylic oxidation sites excluding steroid dienone is 1. The molecule has 1 amide bonds. The van der Waals surface area contributed by atoms with Gasteiger partial charge in [-0.05, 0) is 104 Å². The van der Waals surface area contributed by atoms with E-state index >= 15 is 4.79 Å². The van der Waals surface area contributed by atoms with E-state index in [-0.39, 0.29) is 87.7 Å². The number of rotatable bonds is 23. The van der Waals surface area contributed by atoms with E-state index in [0.717, 1.165) is 36.8 Å². The molecule has 2 heterocycles. The zero-order valence-corrected chi connectivity index (χ0v) is 37.2. The predicted molar refractivity (Wildman–Crippen MR) is 243 cm³/mol. The number of aliphatic hydroxyl groups excluding tert-OH is 3. The van der Waals surface area contributed by atoms with Crippen LogP contribution in [0.4, 0.5) is 5.69 Å². The van der Waals surface area contributed by atoms with Crippen molar-refractivity contribution in [1.82, 2.24) is 4.90 Å². The van der Waals surface area contributed by atoms with Gasteiger partial charge in [-0.1, -0.05) is 36.2 Å². The molecule has 2 fully saturated rings. The van der Waals surface area contributed by atoms with Gasteiger partial charge in [0.2, 0.25) is 12.1 Å². The number of fused-ring (bicyclic) bond motifs is 2. The summed E-state index contributed by atoms with van der Waals surface area (Å²) in [5, 5.41) is 55.8. The van der Waals surface area contributed by atoms with Gasteiger partial charge in [0, 0.05) is 55.7 Å². The number of carbonyl (C=O) groups is 1. The van der Waals surface area contributed by atoms with Crippen molar-refractivity contribution in [2.24, 2.45) is 22.9 Å². The van der Waals surface area contributed by atoms with E-state index in [0.29, 0.717) is 67.0 Å². The number of unbranched alkanes of at least 4 members (excludes halogenated alkanes) is 2. The second kappa shape index (κ2) is 23.2. The smallest absolute Gasteiger partial charge is 0.273 e. The van der Waals surface area contributed by atoms with E-state index in [9.17, 15) is 30.7 Å². The fraction of sp³-hybridized carbons (Fsp3) is 0.500. The molecule has 0 bridgehead atoms. The first-order chi connectivity index (χ1) is 32.2. The first-order valence-electron chi connectivity index (χ1n) is 23.0. The summed E-state index contributed by atoms with van der Waals surface area (Å²) in [5.74, 6) is -1.86. The lowest BCUT2D eigenvalue weighted by Crippen LogP contribution is -2.70. The van der Waals surface area contributed by atoms with Crippen LogP contribution in [0.15, 0.2) is 96.2 Å². The number of hydrogen-bond acceptors (Lipinski definition) is 14. The number of carbonyl (C=O) groups excluding carboxylic acids is 1. The topological polar surface area (TPSA) is 216 Å². The lowest BCUT2D eigenvalue weighted by Gasteiger charge is -2.60. The lowest BCUT2D eigenvalue weighted by atomic mass is 9.55. The van der Waals surface area contributed by atoms with Gasteiger partial charge in [0.05, 0.1) is 67.3 Å². The van der Waals surface area contributed by atoms with Gasteiger partial charge >= 0.3 is 0 Å². The largest absolute Gasteiger partial charge is 0.459 e. The zero-order chi connectivity index (χ0) is 46.5. The SMILES string of the molecule is C=CCO[C@@]12Oc3ccc(Oc4cccc([N+](=O)[O-])c4)cc3[C@H]3[C@H](CCCCO)[C@@H](CCCCO)C=C(C(=NOC4CCCCO4)C[C@@H]1N(CCOCCO)C(=O)c1ccc(C#N)cc1)[C@H]32. The Kier molecular flexibility index (Phi) is 16.9. The molecule has 7 rings (SSSR count). The lowest BCUT2D eigenvalue weighted by molar-refractivity contribution is -0.384. The van der Waals surface area contributed by atoms with Crippen molar-refractivity contribution >= 4 is 17.3 Å². The molecule has 1 saturated carbocycles. The minimum Gasteiger partial charge on any atom is -0.459 e. The Labute approximate surface area is 385 Å². The van der Waals surface area contributed by atoms with Gasteiger partial charge in [-0.25, -0.2) is 0 Å². The van der Waals surface area contributed by atoms with Crippen LogP contribution >= 0.6 is 0 Å². The van der Waals surface area contributed by atoms with Crippen LogP contribution in [0.25, 0.3) is 0 Å². The number of non-ortho nitro benzene ring substituents is 1. The normalized spacial score (nSPS) is 24.8. The molecule has 2 aliphatic heterocycles. The first-order valence-corrected chi connectivity index (χ1v) is 23.0. The molecule has 4 aliphatic rings. The van der Waals surface area contributed by atoms with Crippen molar-refractivity contribution in [3.05, 3.63) is 118 Å². The summed E-state index contributed by atoms with van der Waals surface area (Å²) in [5.41, 5.74) is 2.84. The summed E-state index contributed by atoms with van der Waals surface area (Å²) in [6.45, 7) is 4.65. The molecular weight excluding hydrogens is 849 g/mol. The number of nitrogens with zero attached hydrogens (tertiary/aromatic N) is 4. The maximum absolute atomic E-state index is 15.1. The molecule has 0 spiro atoms. The Morgan fingerprint density at radius 2 is 1.79 bits per heavy atom. The number of benzene rings is 3. The summed E-state index contributed by atoms with van der Waals surface area (Å²) < 4.78 is 32.6. The number of aliphatic hydroxyl groups is 3. The van der Waals surface area contributed by atoms with Crippen LogP contribution in [-0.4, -0.2) is 108 Å². The van der Waals surface area contributed by atoms with Gasteiger partial charge in [0.25, 0.3) is 11.6 Å². The standard InChI is InChI=1S/C50H60N4O12/c1-2-25-63-50-45(53(21-27-61-28-24-57)49(58)35-17-15-34(33-51)16-18-35)32-43(52-66-46-14-5-8-26-62-46)41-29-36(10-3-6-22-55)40(13-4-7-23-56)47(48(41)50)42-31-39(19-20-44(42)65-50)64-38-12-9-11-37(30-38)54(59)60/h2,9,11-12,15-20,29-31,36,40,45-48,55-57H,1,3-8,10,13-14,21-28,32H2/t36-,40+,45-,46?,47+,48+,50+/m0/s1. The molecule has 0 aromatic heterocycles. The summed E-state index contributed by atoms with van der Waals surface area (Å²) in [6.07, 6.45) is 10.0. The number of ether oxygens (including phenoxy) is 5. The van der Waals surface area contributed by atoms with Crippen LogP contribution in [0.3, 0.4) is 0 Å². The maximum Gasteiger partial charge on any atom is 0.273 e. The quantitative estimate of drug-likeness (QED) is 0.0363. The molecule has 352 valence electrons. The van der Waals surface area contributed by atoms with Gasteiger partial charge in [-0.2, -0.15) is 5.26 Å². The van der Waals surface area contributed by atoms with Crippen molar-refractivity contribution in [3.8, 4) is 23.3 Å². The van der Waals surface area contributed by atoms with Crippen molar-refractivity contribution in [1.29, 1.82) is 5.26 Å². The summed E-state index contributed by atoms with van der Waals surface area (Å²) >= 11 is 0. The van der Waals surface area contributed by atoms with E-state index in [1.807, 2.05) is 12.1 Å². The number of amides is 1. The molecule has 1 unspecified atom stereocenters. The Morgan fingerprint density at radius 3 is 2.50 bits per heavy atom. The Bertz CT molecular complexity index is 2240. The highest BCUT2D eigenvalue weighted by atomic mass is 16.8. The number of hydrogen-bond donors (Lipinski definition) is 3. The number of nitriles is 1. The fourth-order valence-corrected chi connectivity index (χ4v) is 10.0. The molecular formula is C50H60N4O12. The van der Waals surface area contributed by atoms with E-state index < -0.39 is 29.0 Å². The second-order valence-electron chi connectivity index (χ2n) is 17.1. The van der Waals surface area contributed by atoms with Crippen LogP contribution in [0.5, 0.6) is 17.2 Å². The van der Waals surface area contributed by atoms with E-state index in [4.69, 9.17) is 33.7 Å². The molecule has 1 saturated heterocycles. The first kappa shape index (κ1) is 48.3. The van der Waals surface area contributed by atoms with Gasteiger partial charge < -0.3 is 48.7 Å². The average molecular weight is 909 g/mol. The molecule has 3 N–H and O–H groups in total. The van der Waals surface area contributed by atoms with Crippen LogP contribution in [0, 0.1) is 39.2 Å². The van der Waals surface area contributed by atoms with Crippen LogP contribution < -0.4 is 9.47 Å². The predicted octanol–water partition coefficient (Wildman–Crippen LogP) is 7.57. The van der Waals surface area contributed by atoms with Crippen LogP contribution in [0.2, 0.25) is 0 Å². The highest BCUT2D eigenvalue weighted by Crippen LogP contribution is 2.62. The molecule has 0 radical (unpaired) electrons. The van der Waals surface area contributed by atoms with Gasteiger partial charge in [-0.3, -0.25) is 14.9 Å². The van der Waals surface area contributed by atoms with Crippen molar-refractivity contribution < 1.29 is 53.6 Å². The zero-order valence-electron chi connectivity index (χ0n) is 37.2. The minimum absolute atomic E-state index is 0.0224. The van der Waals surface area contributed by atoms with Gasteiger partial charge in [0.1, 0.15) is 23.3 Å². The highest BCUT2D eigenvalue weighted by Gasteiger charge is 2.65. The van der Waals surface area contributed by atoms with E-state index in [2.05, 4.69) is 18.7 Å². The highest BCUT2D eigenvalue weighted by molar-refractivity contribution is 6.03. The van der Waals surface area contributed by atoms with Crippen molar-refractivity contribution in [3.63, 3.8) is 0 Å². The molecule has 2 aliphatic carbocycles. The van der Waals surface area contributed by atoms with E-state index in [1.54, 1.807) is 53.4 Å². The molecule has 16 nitrogen and oxygen atoms in total. The molecule has 66 heavy (non-hydrogen) atoms. The third-order valence-electron chi connectivity index (χ3n) is 12.9. The number of oxime groups is 1. The number of nitro groups is 1. The third kappa shape index (κ3) is 10.9. The summed E-state index contributed by atoms with van der Waals surface area (Å²) in [7, 11) is 0. The minimum atomic E-state index is -1.58. The Morgan fingerprint density at radius 1 is 1.00 bits per heavy atom.